The van der Waals surface area contributed by atoms with Gasteiger partial charge < -0.3 is 24.3 Å². The van der Waals surface area contributed by atoms with Gasteiger partial charge in [0.15, 0.2) is 11.5 Å². The molecule has 0 unspecified atom stereocenters. The van der Waals surface area contributed by atoms with Crippen molar-refractivity contribution in [3.05, 3.63) is 101 Å². The van der Waals surface area contributed by atoms with Crippen molar-refractivity contribution in [2.75, 3.05) is 26.1 Å². The SMILES string of the molecule is CCn1c2ccccc2c2cc(NC(=O)[C@H]3c4ccccc4C(=O)N4CCc5cc(OC)c(OC)cc5[C@H]34)ccc21. The standard InChI is InChI=1S/C34H31N3O4/c1-4-36-27-12-8-7-9-22(27)26-18-21(13-14-28(26)36)35-33(38)31-23-10-5-6-11-24(23)34(39)37-16-15-20-17-29(40-2)30(41-3)19-25(20)32(31)37/h5-14,17-19,31-32H,4,15-16H2,1-3H3,(H,35,38)/t31-,32+/m0/s1. The molecule has 2 aliphatic heterocycles. The van der Waals surface area contributed by atoms with Gasteiger partial charge in [0.1, 0.15) is 0 Å². The van der Waals surface area contributed by atoms with Crippen molar-refractivity contribution in [1.29, 1.82) is 0 Å². The van der Waals surface area contributed by atoms with Crippen LogP contribution in [0.1, 0.15) is 45.9 Å². The van der Waals surface area contributed by atoms with Gasteiger partial charge in [-0.15, -0.1) is 0 Å². The van der Waals surface area contributed by atoms with Crippen molar-refractivity contribution in [2.45, 2.75) is 31.8 Å². The number of methoxy groups -OCH3 is 2. The molecule has 7 heteroatoms. The Morgan fingerprint density at radius 2 is 1.61 bits per heavy atom. The Kier molecular flexibility index (Phi) is 5.96. The van der Waals surface area contributed by atoms with Crippen molar-refractivity contribution in [3.63, 3.8) is 0 Å². The van der Waals surface area contributed by atoms with Crippen LogP contribution in [-0.2, 0) is 17.8 Å². The summed E-state index contributed by atoms with van der Waals surface area (Å²) in [4.78, 5) is 29.9. The highest BCUT2D eigenvalue weighted by Gasteiger charge is 2.46. The number of hydrogen-bond acceptors (Lipinski definition) is 4. The Hall–Kier alpha value is -4.78. The third-order valence-corrected chi connectivity index (χ3v) is 8.66. The second kappa shape index (κ2) is 9.70. The first-order valence-corrected chi connectivity index (χ1v) is 14.0. The van der Waals surface area contributed by atoms with Crippen molar-refractivity contribution >= 4 is 39.3 Å². The maximum Gasteiger partial charge on any atom is 0.254 e. The molecule has 0 radical (unpaired) electrons. The lowest BCUT2D eigenvalue weighted by Gasteiger charge is -2.45. The lowest BCUT2D eigenvalue weighted by atomic mass is 9.75. The van der Waals surface area contributed by atoms with Crippen LogP contribution >= 0.6 is 0 Å². The number of carbonyl (C=O) groups is 2. The monoisotopic (exact) mass is 545 g/mol. The van der Waals surface area contributed by atoms with Gasteiger partial charge in [0.05, 0.1) is 26.2 Å². The van der Waals surface area contributed by atoms with Gasteiger partial charge in [0.25, 0.3) is 5.91 Å². The predicted molar refractivity (Wildman–Crippen MR) is 160 cm³/mol. The van der Waals surface area contributed by atoms with Crippen LogP contribution in [0.25, 0.3) is 21.8 Å². The Bertz CT molecular complexity index is 1860. The first-order chi connectivity index (χ1) is 20.0. The van der Waals surface area contributed by atoms with E-state index in [0.29, 0.717) is 30.0 Å². The Morgan fingerprint density at radius 3 is 2.41 bits per heavy atom. The van der Waals surface area contributed by atoms with Gasteiger partial charge in [-0.2, -0.15) is 0 Å². The zero-order chi connectivity index (χ0) is 28.2. The largest absolute Gasteiger partial charge is 0.493 e. The quantitative estimate of drug-likeness (QED) is 0.281. The number of carbonyl (C=O) groups excluding carboxylic acids is 2. The summed E-state index contributed by atoms with van der Waals surface area (Å²) in [6.07, 6.45) is 0.673. The maximum atomic E-state index is 14.3. The Morgan fingerprint density at radius 1 is 0.878 bits per heavy atom. The summed E-state index contributed by atoms with van der Waals surface area (Å²) < 4.78 is 13.5. The zero-order valence-electron chi connectivity index (χ0n) is 23.3. The van der Waals surface area contributed by atoms with Gasteiger partial charge in [-0.3, -0.25) is 9.59 Å². The summed E-state index contributed by atoms with van der Waals surface area (Å²) in [6, 6.07) is 25.4. The molecule has 0 spiro atoms. The molecule has 0 fully saturated rings. The molecule has 4 aromatic carbocycles. The topological polar surface area (TPSA) is 72.8 Å². The molecule has 0 saturated carbocycles. The fraction of sp³-hybridized carbons (Fsp3) is 0.235. The zero-order valence-corrected chi connectivity index (χ0v) is 23.3. The number of rotatable bonds is 5. The minimum absolute atomic E-state index is 0.0520. The summed E-state index contributed by atoms with van der Waals surface area (Å²) in [5.74, 6) is 0.415. The predicted octanol–water partition coefficient (Wildman–Crippen LogP) is 6.31. The van der Waals surface area contributed by atoms with Gasteiger partial charge in [-0.1, -0.05) is 36.4 Å². The molecule has 1 aromatic heterocycles. The molecule has 3 heterocycles. The van der Waals surface area contributed by atoms with Crippen LogP contribution in [0.2, 0.25) is 0 Å². The maximum absolute atomic E-state index is 14.3. The number of anilines is 1. The molecule has 2 atom stereocenters. The summed E-state index contributed by atoms with van der Waals surface area (Å²) in [7, 11) is 3.22. The summed E-state index contributed by atoms with van der Waals surface area (Å²) in [5, 5.41) is 5.48. The van der Waals surface area contributed by atoms with E-state index in [1.165, 1.54) is 5.52 Å². The third kappa shape index (κ3) is 3.79. The van der Waals surface area contributed by atoms with Crippen LogP contribution in [0.3, 0.4) is 0 Å². The summed E-state index contributed by atoms with van der Waals surface area (Å²) in [5.41, 5.74) is 6.32. The first-order valence-electron chi connectivity index (χ1n) is 14.0. The lowest BCUT2D eigenvalue weighted by molar-refractivity contribution is -0.119. The van der Waals surface area contributed by atoms with Crippen molar-refractivity contribution in [1.82, 2.24) is 9.47 Å². The fourth-order valence-electron chi connectivity index (χ4n) is 6.83. The highest BCUT2D eigenvalue weighted by atomic mass is 16.5. The number of benzene rings is 4. The number of nitrogens with zero attached hydrogens (tertiary/aromatic N) is 2. The molecular formula is C34H31N3O4. The van der Waals surface area contributed by atoms with Gasteiger partial charge in [0.2, 0.25) is 5.91 Å². The van der Waals surface area contributed by atoms with Gasteiger partial charge in [-0.05, 0) is 72.5 Å². The number of ether oxygens (including phenoxy) is 2. The van der Waals surface area contributed by atoms with Crippen molar-refractivity contribution in [3.8, 4) is 11.5 Å². The third-order valence-electron chi connectivity index (χ3n) is 8.66. The van der Waals surface area contributed by atoms with E-state index in [0.717, 1.165) is 45.2 Å². The van der Waals surface area contributed by atoms with E-state index < -0.39 is 12.0 Å². The molecule has 7 nitrogen and oxygen atoms in total. The molecule has 0 aliphatic carbocycles. The fourth-order valence-corrected chi connectivity index (χ4v) is 6.83. The van der Waals surface area contributed by atoms with E-state index in [4.69, 9.17) is 9.47 Å². The summed E-state index contributed by atoms with van der Waals surface area (Å²) >= 11 is 0. The van der Waals surface area contributed by atoms with Crippen LogP contribution in [-0.4, -0.2) is 42.0 Å². The molecule has 2 aliphatic rings. The van der Waals surface area contributed by atoms with E-state index in [9.17, 15) is 9.59 Å². The van der Waals surface area contributed by atoms with Crippen molar-refractivity contribution < 1.29 is 19.1 Å². The number of amides is 2. The van der Waals surface area contributed by atoms with Gasteiger partial charge in [-0.25, -0.2) is 0 Å². The second-order valence-electron chi connectivity index (χ2n) is 10.6. The number of para-hydroxylation sites is 1. The number of hydrogen-bond donors (Lipinski definition) is 1. The molecule has 7 rings (SSSR count). The van der Waals surface area contributed by atoms with Gasteiger partial charge >= 0.3 is 0 Å². The number of fused-ring (bicyclic) bond motifs is 7. The van der Waals surface area contributed by atoms with Crippen LogP contribution < -0.4 is 14.8 Å². The Balaban J connectivity index is 1.34. The summed E-state index contributed by atoms with van der Waals surface area (Å²) in [6.45, 7) is 3.52. The van der Waals surface area contributed by atoms with Crippen LogP contribution in [0.15, 0.2) is 78.9 Å². The average molecular weight is 546 g/mol. The average Bonchev–Trinajstić information content (AvgIpc) is 3.33. The minimum atomic E-state index is -0.603. The molecular weight excluding hydrogens is 514 g/mol. The number of aromatic nitrogens is 1. The van der Waals surface area contributed by atoms with Gasteiger partial charge in [0, 0.05) is 46.1 Å². The van der Waals surface area contributed by atoms with E-state index in [-0.39, 0.29) is 11.8 Å². The van der Waals surface area contributed by atoms with Crippen LogP contribution in [0.4, 0.5) is 5.69 Å². The number of aryl methyl sites for hydroxylation is 1. The minimum Gasteiger partial charge on any atom is -0.493 e. The molecule has 206 valence electrons. The van der Waals surface area contributed by atoms with E-state index in [1.54, 1.807) is 14.2 Å². The first kappa shape index (κ1) is 25.2. The van der Waals surface area contributed by atoms with Crippen molar-refractivity contribution in [2.24, 2.45) is 0 Å². The van der Waals surface area contributed by atoms with E-state index in [1.807, 2.05) is 53.4 Å². The molecule has 0 saturated heterocycles. The van der Waals surface area contributed by atoms with Crippen LogP contribution in [0.5, 0.6) is 11.5 Å². The van der Waals surface area contributed by atoms with E-state index >= 15 is 0 Å². The van der Waals surface area contributed by atoms with E-state index in [2.05, 4.69) is 47.1 Å². The number of nitrogens with one attached hydrogen (secondary N) is 1. The molecule has 41 heavy (non-hydrogen) atoms. The van der Waals surface area contributed by atoms with Crippen LogP contribution in [0, 0.1) is 0 Å². The molecule has 5 aromatic rings. The molecule has 2 amide bonds. The smallest absolute Gasteiger partial charge is 0.254 e. The molecule has 1 N–H and O–H groups in total. The highest BCUT2D eigenvalue weighted by molar-refractivity contribution is 6.10. The lowest BCUT2D eigenvalue weighted by Crippen LogP contribution is -2.49. The second-order valence-corrected chi connectivity index (χ2v) is 10.6. The normalized spacial score (nSPS) is 17.6. The highest BCUT2D eigenvalue weighted by Crippen LogP contribution is 2.48. The Labute approximate surface area is 238 Å². The molecule has 0 bridgehead atoms.